The molecule has 4 saturated carbocycles. The average molecular weight is 245 g/mol. The van der Waals surface area contributed by atoms with Crippen molar-refractivity contribution in [3.05, 3.63) is 17.7 Å². The first-order valence-corrected chi connectivity index (χ1v) is 7.57. The Kier molecular flexibility index (Phi) is 2.51. The van der Waals surface area contributed by atoms with Crippen molar-refractivity contribution in [2.45, 2.75) is 44.4 Å². The second-order valence-electron chi connectivity index (χ2n) is 6.78. The zero-order valence-electron chi connectivity index (χ0n) is 10.9. The van der Waals surface area contributed by atoms with Gasteiger partial charge in [0, 0.05) is 24.2 Å². The molecular weight excluding hydrogens is 222 g/mol. The third-order valence-electron chi connectivity index (χ3n) is 5.62. The van der Waals surface area contributed by atoms with Gasteiger partial charge in [0.05, 0.1) is 0 Å². The predicted molar refractivity (Wildman–Crippen MR) is 71.1 cm³/mol. The second-order valence-corrected chi connectivity index (χ2v) is 6.78. The molecule has 4 aliphatic carbocycles. The number of hydrogen-bond donors (Lipinski definition) is 2. The van der Waals surface area contributed by atoms with Gasteiger partial charge in [0.15, 0.2) is 0 Å². The summed E-state index contributed by atoms with van der Waals surface area (Å²) < 4.78 is 0. The molecule has 5 rings (SSSR count). The van der Waals surface area contributed by atoms with Crippen LogP contribution >= 0.6 is 0 Å². The lowest BCUT2D eigenvalue weighted by atomic mass is 9.51. The van der Waals surface area contributed by atoms with E-state index in [1.165, 1.54) is 37.8 Å². The van der Waals surface area contributed by atoms with Crippen LogP contribution in [0.3, 0.4) is 0 Å². The summed E-state index contributed by atoms with van der Waals surface area (Å²) in [6.07, 6.45) is 10.4. The second kappa shape index (κ2) is 4.09. The SMILES string of the molecule is NCCc1ncc(C2C3CC4CC(C3)CC2C4)[nH]1. The van der Waals surface area contributed by atoms with Gasteiger partial charge in [-0.2, -0.15) is 0 Å². The van der Waals surface area contributed by atoms with E-state index in [9.17, 15) is 0 Å². The fraction of sp³-hybridized carbons (Fsp3) is 0.800. The Morgan fingerprint density at radius 2 is 1.78 bits per heavy atom. The van der Waals surface area contributed by atoms with Crippen LogP contribution in [0.25, 0.3) is 0 Å². The first-order valence-electron chi connectivity index (χ1n) is 7.57. The Bertz CT molecular complexity index is 409. The van der Waals surface area contributed by atoms with Crippen molar-refractivity contribution >= 4 is 0 Å². The highest BCUT2D eigenvalue weighted by Gasteiger charge is 2.49. The molecule has 0 saturated heterocycles. The van der Waals surface area contributed by atoms with Crippen LogP contribution in [0.15, 0.2) is 6.20 Å². The first-order chi connectivity index (χ1) is 8.83. The number of aromatic amines is 1. The smallest absolute Gasteiger partial charge is 0.107 e. The first kappa shape index (κ1) is 11.0. The van der Waals surface area contributed by atoms with E-state index in [0.717, 1.165) is 41.8 Å². The summed E-state index contributed by atoms with van der Waals surface area (Å²) in [5.41, 5.74) is 7.01. The third-order valence-corrected chi connectivity index (χ3v) is 5.62. The molecular formula is C15H23N3. The van der Waals surface area contributed by atoms with E-state index in [1.807, 2.05) is 0 Å². The van der Waals surface area contributed by atoms with E-state index in [1.54, 1.807) is 0 Å². The molecule has 4 bridgehead atoms. The van der Waals surface area contributed by atoms with Crippen LogP contribution in [-0.2, 0) is 6.42 Å². The molecule has 18 heavy (non-hydrogen) atoms. The molecule has 1 heterocycles. The number of hydrogen-bond acceptors (Lipinski definition) is 2. The number of nitrogens with one attached hydrogen (secondary N) is 1. The monoisotopic (exact) mass is 245 g/mol. The molecule has 0 atom stereocenters. The molecule has 1 aromatic heterocycles. The number of nitrogens with zero attached hydrogens (tertiary/aromatic N) is 1. The van der Waals surface area contributed by atoms with Crippen LogP contribution in [0, 0.1) is 23.7 Å². The lowest BCUT2D eigenvalue weighted by Gasteiger charge is -2.54. The van der Waals surface area contributed by atoms with Gasteiger partial charge in [0.2, 0.25) is 0 Å². The van der Waals surface area contributed by atoms with Crippen molar-refractivity contribution in [2.75, 3.05) is 6.54 Å². The minimum absolute atomic E-state index is 0.689. The van der Waals surface area contributed by atoms with Crippen LogP contribution < -0.4 is 5.73 Å². The van der Waals surface area contributed by atoms with Gasteiger partial charge < -0.3 is 10.7 Å². The number of aromatic nitrogens is 2. The number of nitrogens with two attached hydrogens (primary N) is 1. The Labute approximate surface area is 109 Å². The molecule has 3 nitrogen and oxygen atoms in total. The highest BCUT2D eigenvalue weighted by atomic mass is 14.9. The Hall–Kier alpha value is -0.830. The highest BCUT2D eigenvalue weighted by molar-refractivity contribution is 5.16. The normalized spacial score (nSPS) is 41.5. The quantitative estimate of drug-likeness (QED) is 0.859. The van der Waals surface area contributed by atoms with Crippen molar-refractivity contribution < 1.29 is 0 Å². The fourth-order valence-electron chi connectivity index (χ4n) is 5.24. The van der Waals surface area contributed by atoms with Crippen LogP contribution in [0.2, 0.25) is 0 Å². The number of H-pyrrole nitrogens is 1. The Morgan fingerprint density at radius 1 is 1.11 bits per heavy atom. The maximum Gasteiger partial charge on any atom is 0.107 e. The van der Waals surface area contributed by atoms with Gasteiger partial charge in [-0.05, 0) is 62.3 Å². The lowest BCUT2D eigenvalue weighted by Crippen LogP contribution is -2.43. The Morgan fingerprint density at radius 3 is 2.39 bits per heavy atom. The van der Waals surface area contributed by atoms with Gasteiger partial charge in [-0.1, -0.05) is 0 Å². The summed E-state index contributed by atoms with van der Waals surface area (Å²) in [7, 11) is 0. The van der Waals surface area contributed by atoms with Crippen molar-refractivity contribution in [2.24, 2.45) is 29.4 Å². The molecule has 0 unspecified atom stereocenters. The summed E-state index contributed by atoms with van der Waals surface area (Å²) in [6.45, 7) is 0.689. The summed E-state index contributed by atoms with van der Waals surface area (Å²) in [6, 6.07) is 0. The molecule has 4 fully saturated rings. The summed E-state index contributed by atoms with van der Waals surface area (Å²) in [5, 5.41) is 0. The van der Waals surface area contributed by atoms with Crippen molar-refractivity contribution in [3.8, 4) is 0 Å². The molecule has 3 heteroatoms. The molecule has 0 aliphatic heterocycles. The lowest BCUT2D eigenvalue weighted by molar-refractivity contribution is -0.00405. The molecule has 1 aromatic rings. The van der Waals surface area contributed by atoms with Crippen LogP contribution in [0.5, 0.6) is 0 Å². The molecule has 0 spiro atoms. The molecule has 3 N–H and O–H groups in total. The molecule has 0 radical (unpaired) electrons. The van der Waals surface area contributed by atoms with Gasteiger partial charge in [-0.25, -0.2) is 4.98 Å². The van der Waals surface area contributed by atoms with E-state index in [4.69, 9.17) is 5.73 Å². The third kappa shape index (κ3) is 1.63. The fourth-order valence-corrected chi connectivity index (χ4v) is 5.24. The predicted octanol–water partition coefficient (Wildman–Crippen LogP) is 2.45. The van der Waals surface area contributed by atoms with Crippen LogP contribution in [0.4, 0.5) is 0 Å². The largest absolute Gasteiger partial charge is 0.346 e. The van der Waals surface area contributed by atoms with Crippen molar-refractivity contribution in [3.63, 3.8) is 0 Å². The molecule has 98 valence electrons. The van der Waals surface area contributed by atoms with Crippen molar-refractivity contribution in [1.29, 1.82) is 0 Å². The van der Waals surface area contributed by atoms with Crippen LogP contribution in [0.1, 0.15) is 49.5 Å². The standard InChI is InChI=1S/C15H23N3/c16-2-1-14-17-8-13(18-14)15-11-4-9-3-10(6-11)7-12(15)5-9/h8-12,15H,1-7,16H2,(H,17,18). The van der Waals surface area contributed by atoms with Gasteiger partial charge in [0.1, 0.15) is 5.82 Å². The molecule has 0 aromatic carbocycles. The van der Waals surface area contributed by atoms with Crippen molar-refractivity contribution in [1.82, 2.24) is 9.97 Å². The van der Waals surface area contributed by atoms with Gasteiger partial charge in [0.25, 0.3) is 0 Å². The summed E-state index contributed by atoms with van der Waals surface area (Å²) in [5.74, 6) is 5.84. The van der Waals surface area contributed by atoms with Gasteiger partial charge >= 0.3 is 0 Å². The number of imidazole rings is 1. The van der Waals surface area contributed by atoms with Gasteiger partial charge in [-0.3, -0.25) is 0 Å². The van der Waals surface area contributed by atoms with E-state index in [0.29, 0.717) is 6.54 Å². The average Bonchev–Trinajstić information content (AvgIpc) is 2.76. The molecule has 4 aliphatic rings. The van der Waals surface area contributed by atoms with E-state index < -0.39 is 0 Å². The van der Waals surface area contributed by atoms with E-state index in [-0.39, 0.29) is 0 Å². The zero-order chi connectivity index (χ0) is 12.1. The minimum Gasteiger partial charge on any atom is -0.346 e. The zero-order valence-corrected chi connectivity index (χ0v) is 10.9. The maximum absolute atomic E-state index is 5.60. The van der Waals surface area contributed by atoms with Crippen LogP contribution in [-0.4, -0.2) is 16.5 Å². The summed E-state index contributed by atoms with van der Waals surface area (Å²) in [4.78, 5) is 8.05. The van der Waals surface area contributed by atoms with E-state index in [2.05, 4.69) is 16.2 Å². The minimum atomic E-state index is 0.689. The van der Waals surface area contributed by atoms with Gasteiger partial charge in [-0.15, -0.1) is 0 Å². The molecule has 0 amide bonds. The van der Waals surface area contributed by atoms with E-state index >= 15 is 0 Å². The summed E-state index contributed by atoms with van der Waals surface area (Å²) >= 11 is 0. The number of rotatable bonds is 3. The maximum atomic E-state index is 5.60. The highest BCUT2D eigenvalue weighted by Crippen LogP contribution is 2.59. The Balaban J connectivity index is 1.60. The topological polar surface area (TPSA) is 54.7 Å².